The number of benzene rings is 1. The van der Waals surface area contributed by atoms with Crippen LogP contribution in [-0.2, 0) is 33.0 Å². The maximum absolute atomic E-state index is 12.3. The van der Waals surface area contributed by atoms with Crippen molar-refractivity contribution in [3.05, 3.63) is 29.3 Å². The molecule has 9 heteroatoms. The molecule has 0 spiro atoms. The number of fused-ring (bicyclic) bond motifs is 1. The molecule has 0 fully saturated rings. The van der Waals surface area contributed by atoms with Crippen LogP contribution >= 0.6 is 0 Å². The van der Waals surface area contributed by atoms with Gasteiger partial charge in [0.15, 0.2) is 0 Å². The van der Waals surface area contributed by atoms with E-state index in [4.69, 9.17) is 0 Å². The molecule has 1 heterocycles. The van der Waals surface area contributed by atoms with Gasteiger partial charge in [0.05, 0.1) is 11.2 Å². The molecule has 2 rings (SSSR count). The van der Waals surface area contributed by atoms with E-state index in [0.29, 0.717) is 13.0 Å². The fourth-order valence-corrected chi connectivity index (χ4v) is 4.06. The molecule has 0 saturated carbocycles. The molecule has 0 aliphatic carbocycles. The predicted octanol–water partition coefficient (Wildman–Crippen LogP) is -0.840. The maximum Gasteiger partial charge on any atom is 0.240 e. The summed E-state index contributed by atoms with van der Waals surface area (Å²) in [6.07, 6.45) is 1.69. The van der Waals surface area contributed by atoms with E-state index in [1.165, 1.54) is 0 Å². The average molecular weight is 333 g/mol. The Kier molecular flexibility index (Phi) is 4.99. The van der Waals surface area contributed by atoms with E-state index in [0.717, 1.165) is 23.9 Å². The largest absolute Gasteiger partial charge is 0.312 e. The van der Waals surface area contributed by atoms with Gasteiger partial charge in [0.1, 0.15) is 0 Å². The Hall–Kier alpha value is -1.00. The highest BCUT2D eigenvalue weighted by molar-refractivity contribution is 7.89. The molecule has 118 valence electrons. The van der Waals surface area contributed by atoms with Crippen molar-refractivity contribution in [1.29, 1.82) is 0 Å². The van der Waals surface area contributed by atoms with E-state index in [1.54, 1.807) is 12.1 Å². The van der Waals surface area contributed by atoms with Gasteiger partial charge in [0.25, 0.3) is 0 Å². The van der Waals surface area contributed by atoms with Crippen LogP contribution in [0.5, 0.6) is 0 Å². The van der Waals surface area contributed by atoms with Crippen LogP contribution in [0.15, 0.2) is 23.1 Å². The van der Waals surface area contributed by atoms with Crippen molar-refractivity contribution in [2.45, 2.75) is 17.9 Å². The molecule has 0 saturated heterocycles. The molecule has 0 unspecified atom stereocenters. The van der Waals surface area contributed by atoms with Crippen LogP contribution in [0.1, 0.15) is 11.1 Å². The SMILES string of the molecule is CS(=O)(=O)NCCNS(=O)(=O)c1cccc2c1CCNC2. The standard InChI is InChI=1S/C12H19N3O4S2/c1-20(16,17)14-7-8-15-21(18,19)12-4-2-3-10-9-13-6-5-11(10)12/h2-4,13-15H,5-9H2,1H3. The summed E-state index contributed by atoms with van der Waals surface area (Å²) in [5.41, 5.74) is 1.82. The van der Waals surface area contributed by atoms with Gasteiger partial charge in [-0.15, -0.1) is 0 Å². The van der Waals surface area contributed by atoms with Crippen LogP contribution < -0.4 is 14.8 Å². The van der Waals surface area contributed by atoms with Gasteiger partial charge in [-0.1, -0.05) is 12.1 Å². The topological polar surface area (TPSA) is 104 Å². The third-order valence-corrected chi connectivity index (χ3v) is 5.44. The minimum Gasteiger partial charge on any atom is -0.312 e. The summed E-state index contributed by atoms with van der Waals surface area (Å²) in [7, 11) is -6.95. The first-order valence-electron chi connectivity index (χ1n) is 6.55. The minimum absolute atomic E-state index is 0.0112. The highest BCUT2D eigenvalue weighted by Gasteiger charge is 2.21. The molecular formula is C12H19N3O4S2. The van der Waals surface area contributed by atoms with E-state index in [2.05, 4.69) is 14.8 Å². The van der Waals surface area contributed by atoms with Gasteiger partial charge in [0, 0.05) is 19.6 Å². The second-order valence-corrected chi connectivity index (χ2v) is 8.45. The molecule has 1 aliphatic rings. The fraction of sp³-hybridized carbons (Fsp3) is 0.500. The fourth-order valence-electron chi connectivity index (χ4n) is 2.25. The molecule has 0 aromatic heterocycles. The van der Waals surface area contributed by atoms with Gasteiger partial charge in [-0.25, -0.2) is 26.3 Å². The Bertz CT molecular complexity index is 714. The summed E-state index contributed by atoms with van der Waals surface area (Å²) in [5.74, 6) is 0. The zero-order chi connectivity index (χ0) is 15.5. The lowest BCUT2D eigenvalue weighted by Gasteiger charge is -2.20. The van der Waals surface area contributed by atoms with E-state index < -0.39 is 20.0 Å². The lowest BCUT2D eigenvalue weighted by Crippen LogP contribution is -2.35. The first kappa shape index (κ1) is 16.4. The second kappa shape index (κ2) is 6.41. The minimum atomic E-state index is -3.63. The smallest absolute Gasteiger partial charge is 0.240 e. The van der Waals surface area contributed by atoms with Gasteiger partial charge < -0.3 is 5.32 Å². The molecule has 3 N–H and O–H groups in total. The van der Waals surface area contributed by atoms with Crippen LogP contribution in [-0.4, -0.2) is 42.7 Å². The summed E-state index contributed by atoms with van der Waals surface area (Å²) in [6, 6.07) is 5.21. The molecule has 1 aromatic rings. The zero-order valence-corrected chi connectivity index (χ0v) is 13.4. The summed E-state index contributed by atoms with van der Waals surface area (Å²) in [5, 5.41) is 3.20. The van der Waals surface area contributed by atoms with E-state index in [1.807, 2.05) is 6.07 Å². The highest BCUT2D eigenvalue weighted by atomic mass is 32.2. The van der Waals surface area contributed by atoms with Gasteiger partial charge in [-0.05, 0) is 30.2 Å². The van der Waals surface area contributed by atoms with Crippen molar-refractivity contribution in [2.24, 2.45) is 0 Å². The summed E-state index contributed by atoms with van der Waals surface area (Å²) in [6.45, 7) is 1.44. The Morgan fingerprint density at radius 3 is 2.57 bits per heavy atom. The summed E-state index contributed by atoms with van der Waals surface area (Å²) in [4.78, 5) is 0.279. The number of nitrogens with one attached hydrogen (secondary N) is 3. The second-order valence-electron chi connectivity index (χ2n) is 4.88. The summed E-state index contributed by atoms with van der Waals surface area (Å²) < 4.78 is 51.2. The molecular weight excluding hydrogens is 314 g/mol. The Labute approximate surface area is 125 Å². The molecule has 0 radical (unpaired) electrons. The third-order valence-electron chi connectivity index (χ3n) is 3.17. The monoisotopic (exact) mass is 333 g/mol. The first-order chi connectivity index (χ1) is 9.80. The molecule has 1 aliphatic heterocycles. The maximum atomic E-state index is 12.3. The Morgan fingerprint density at radius 1 is 1.14 bits per heavy atom. The average Bonchev–Trinajstić information content (AvgIpc) is 2.42. The highest BCUT2D eigenvalue weighted by Crippen LogP contribution is 2.22. The van der Waals surface area contributed by atoms with Crippen molar-refractivity contribution in [3.8, 4) is 0 Å². The number of sulfonamides is 2. The third kappa shape index (κ3) is 4.48. The van der Waals surface area contributed by atoms with E-state index >= 15 is 0 Å². The lowest BCUT2D eigenvalue weighted by molar-refractivity contribution is 0.569. The van der Waals surface area contributed by atoms with Crippen LogP contribution in [0.4, 0.5) is 0 Å². The number of hydrogen-bond acceptors (Lipinski definition) is 5. The van der Waals surface area contributed by atoms with E-state index in [9.17, 15) is 16.8 Å². The zero-order valence-electron chi connectivity index (χ0n) is 11.7. The molecule has 0 amide bonds. The van der Waals surface area contributed by atoms with Crippen molar-refractivity contribution in [1.82, 2.24) is 14.8 Å². The normalized spacial score (nSPS) is 15.7. The van der Waals surface area contributed by atoms with Crippen molar-refractivity contribution >= 4 is 20.0 Å². The van der Waals surface area contributed by atoms with Crippen LogP contribution in [0.25, 0.3) is 0 Å². The lowest BCUT2D eigenvalue weighted by atomic mass is 10.0. The Morgan fingerprint density at radius 2 is 1.86 bits per heavy atom. The predicted molar refractivity (Wildman–Crippen MR) is 79.9 cm³/mol. The first-order valence-corrected chi connectivity index (χ1v) is 9.93. The van der Waals surface area contributed by atoms with Crippen LogP contribution in [0.3, 0.4) is 0 Å². The number of hydrogen-bond donors (Lipinski definition) is 3. The van der Waals surface area contributed by atoms with Gasteiger partial charge in [-0.3, -0.25) is 0 Å². The molecule has 21 heavy (non-hydrogen) atoms. The van der Waals surface area contributed by atoms with Crippen molar-refractivity contribution < 1.29 is 16.8 Å². The van der Waals surface area contributed by atoms with Crippen LogP contribution in [0.2, 0.25) is 0 Å². The molecule has 0 bridgehead atoms. The quantitative estimate of drug-likeness (QED) is 0.589. The molecule has 0 atom stereocenters. The molecule has 7 nitrogen and oxygen atoms in total. The van der Waals surface area contributed by atoms with E-state index in [-0.39, 0.29) is 18.0 Å². The van der Waals surface area contributed by atoms with Gasteiger partial charge >= 0.3 is 0 Å². The van der Waals surface area contributed by atoms with Gasteiger partial charge in [0.2, 0.25) is 20.0 Å². The van der Waals surface area contributed by atoms with Crippen molar-refractivity contribution in [3.63, 3.8) is 0 Å². The summed E-state index contributed by atoms with van der Waals surface area (Å²) >= 11 is 0. The van der Waals surface area contributed by atoms with Gasteiger partial charge in [-0.2, -0.15) is 0 Å². The van der Waals surface area contributed by atoms with Crippen molar-refractivity contribution in [2.75, 3.05) is 25.9 Å². The molecule has 1 aromatic carbocycles. The van der Waals surface area contributed by atoms with Crippen LogP contribution in [0, 0.1) is 0 Å². The Balaban J connectivity index is 2.10. The number of rotatable bonds is 6.